The molecule has 1 aromatic carbocycles. The maximum Gasteiger partial charge on any atom is 0.431 e. The average molecular weight is 350 g/mol. The smallest absolute Gasteiger partial charge is 0.431 e. The molecule has 1 aliphatic heterocycles. The van der Waals surface area contributed by atoms with Gasteiger partial charge in [-0.2, -0.15) is 13.2 Å². The average Bonchev–Trinajstić information content (AvgIpc) is 3.03. The van der Waals surface area contributed by atoms with E-state index in [1.54, 1.807) is 23.6 Å². The summed E-state index contributed by atoms with van der Waals surface area (Å²) in [6, 6.07) is 5.71. The van der Waals surface area contributed by atoms with E-state index in [1.165, 1.54) is 24.7 Å². The van der Waals surface area contributed by atoms with Crippen LogP contribution in [-0.2, 0) is 6.54 Å². The lowest BCUT2D eigenvalue weighted by molar-refractivity contribution is -0.0977. The summed E-state index contributed by atoms with van der Waals surface area (Å²) in [6.45, 7) is 1.74. The molecule has 8 heteroatoms. The molecule has 25 heavy (non-hydrogen) atoms. The third-order valence-electron chi connectivity index (χ3n) is 4.19. The van der Waals surface area contributed by atoms with Gasteiger partial charge in [0.25, 0.3) is 0 Å². The Morgan fingerprint density at radius 3 is 2.68 bits per heavy atom. The SMILES string of the molecule is CC1C/C(=C(/NCc2ccc(O)cc2)C(F)(F)F)C(=N)c2cncn21. The van der Waals surface area contributed by atoms with E-state index < -0.39 is 11.9 Å². The summed E-state index contributed by atoms with van der Waals surface area (Å²) in [5.74, 6) is 0.0503. The molecule has 5 nitrogen and oxygen atoms in total. The zero-order chi connectivity index (χ0) is 18.2. The van der Waals surface area contributed by atoms with E-state index in [0.717, 1.165) is 0 Å². The van der Waals surface area contributed by atoms with Gasteiger partial charge < -0.3 is 15.0 Å². The van der Waals surface area contributed by atoms with Gasteiger partial charge in [-0.05, 0) is 31.0 Å². The molecule has 132 valence electrons. The second-order valence-corrected chi connectivity index (χ2v) is 5.99. The van der Waals surface area contributed by atoms with Gasteiger partial charge in [0.15, 0.2) is 0 Å². The number of phenolic OH excluding ortho intramolecular Hbond substituents is 1. The van der Waals surface area contributed by atoms with E-state index >= 15 is 0 Å². The standard InChI is InChI=1S/C17H17F3N4O/c1-10-6-13(15(21)14-8-22-9-24(10)14)16(17(18,19)20)23-7-11-2-4-12(25)5-3-11/h2-5,8-10,21,23,25H,6-7H2,1H3/b16-13-,21-15?. The molecule has 0 fully saturated rings. The number of benzene rings is 1. The number of hydrogen-bond donors (Lipinski definition) is 3. The first-order valence-corrected chi connectivity index (χ1v) is 7.70. The van der Waals surface area contributed by atoms with Crippen LogP contribution in [0.4, 0.5) is 13.2 Å². The first kappa shape index (κ1) is 17.1. The Kier molecular flexibility index (Phi) is 4.28. The molecule has 1 aliphatic rings. The molecule has 0 spiro atoms. The number of rotatable bonds is 3. The Bertz CT molecular complexity index is 821. The Labute approximate surface area is 142 Å². The molecule has 0 saturated heterocycles. The molecule has 0 amide bonds. The van der Waals surface area contributed by atoms with E-state index in [2.05, 4.69) is 10.3 Å². The number of halogens is 3. The molecular formula is C17H17F3N4O. The number of imidazole rings is 1. The van der Waals surface area contributed by atoms with Crippen LogP contribution in [0, 0.1) is 5.41 Å². The molecule has 1 aromatic heterocycles. The van der Waals surface area contributed by atoms with Crippen molar-refractivity contribution in [3.05, 3.63) is 59.3 Å². The first-order chi connectivity index (χ1) is 11.8. The van der Waals surface area contributed by atoms with E-state index in [4.69, 9.17) is 5.41 Å². The number of aromatic nitrogens is 2. The summed E-state index contributed by atoms with van der Waals surface area (Å²) in [5, 5.41) is 19.9. The van der Waals surface area contributed by atoms with Gasteiger partial charge in [0.2, 0.25) is 0 Å². The molecule has 0 bridgehead atoms. The number of phenols is 1. The van der Waals surface area contributed by atoms with Crippen LogP contribution in [0.5, 0.6) is 5.75 Å². The lowest BCUT2D eigenvalue weighted by Gasteiger charge is -2.28. The van der Waals surface area contributed by atoms with Gasteiger partial charge in [-0.25, -0.2) is 4.98 Å². The van der Waals surface area contributed by atoms with Gasteiger partial charge >= 0.3 is 6.18 Å². The summed E-state index contributed by atoms with van der Waals surface area (Å²) in [4.78, 5) is 3.94. The first-order valence-electron chi connectivity index (χ1n) is 7.70. The number of alkyl halides is 3. The lowest BCUT2D eigenvalue weighted by Crippen LogP contribution is -2.33. The highest BCUT2D eigenvalue weighted by molar-refractivity contribution is 6.10. The zero-order valence-corrected chi connectivity index (χ0v) is 13.4. The Balaban J connectivity index is 1.94. The van der Waals surface area contributed by atoms with Crippen molar-refractivity contribution in [3.8, 4) is 5.75 Å². The number of nitrogens with one attached hydrogen (secondary N) is 2. The molecular weight excluding hydrogens is 333 g/mol. The summed E-state index contributed by atoms with van der Waals surface area (Å²) in [7, 11) is 0. The van der Waals surface area contributed by atoms with Crippen molar-refractivity contribution < 1.29 is 18.3 Å². The van der Waals surface area contributed by atoms with E-state index in [0.29, 0.717) is 11.3 Å². The van der Waals surface area contributed by atoms with Crippen molar-refractivity contribution in [2.45, 2.75) is 32.1 Å². The van der Waals surface area contributed by atoms with Gasteiger partial charge in [0.05, 0.1) is 23.9 Å². The van der Waals surface area contributed by atoms with Crippen molar-refractivity contribution in [1.82, 2.24) is 14.9 Å². The maximum absolute atomic E-state index is 13.6. The number of fused-ring (bicyclic) bond motifs is 1. The normalized spacial score (nSPS) is 19.5. The van der Waals surface area contributed by atoms with E-state index in [-0.39, 0.29) is 36.0 Å². The number of hydrogen-bond acceptors (Lipinski definition) is 4. The van der Waals surface area contributed by atoms with Crippen molar-refractivity contribution in [2.24, 2.45) is 0 Å². The van der Waals surface area contributed by atoms with Crippen molar-refractivity contribution in [1.29, 1.82) is 5.41 Å². The molecule has 0 radical (unpaired) electrons. The summed E-state index contributed by atoms with van der Waals surface area (Å²) >= 11 is 0. The predicted octanol–water partition coefficient (Wildman–Crippen LogP) is 3.53. The Hall–Kier alpha value is -2.77. The van der Waals surface area contributed by atoms with Gasteiger partial charge in [-0.15, -0.1) is 0 Å². The molecule has 0 saturated carbocycles. The van der Waals surface area contributed by atoms with Gasteiger partial charge in [0.1, 0.15) is 11.4 Å². The Morgan fingerprint density at radius 1 is 1.36 bits per heavy atom. The highest BCUT2D eigenvalue weighted by Gasteiger charge is 2.39. The van der Waals surface area contributed by atoms with Crippen LogP contribution in [0.2, 0.25) is 0 Å². The predicted molar refractivity (Wildman–Crippen MR) is 86.4 cm³/mol. The second kappa shape index (κ2) is 6.27. The van der Waals surface area contributed by atoms with Crippen LogP contribution in [0.15, 0.2) is 48.1 Å². The van der Waals surface area contributed by atoms with Gasteiger partial charge in [0, 0.05) is 18.2 Å². The fourth-order valence-corrected chi connectivity index (χ4v) is 2.91. The quantitative estimate of drug-likeness (QED) is 0.793. The van der Waals surface area contributed by atoms with Crippen LogP contribution in [0.3, 0.4) is 0 Å². The topological polar surface area (TPSA) is 73.9 Å². The molecule has 2 heterocycles. The highest BCUT2D eigenvalue weighted by atomic mass is 19.4. The van der Waals surface area contributed by atoms with Crippen molar-refractivity contribution in [2.75, 3.05) is 0 Å². The van der Waals surface area contributed by atoms with E-state index in [9.17, 15) is 18.3 Å². The van der Waals surface area contributed by atoms with Crippen molar-refractivity contribution in [3.63, 3.8) is 0 Å². The zero-order valence-electron chi connectivity index (χ0n) is 13.4. The summed E-state index contributed by atoms with van der Waals surface area (Å²) in [5.41, 5.74) is -0.153. The van der Waals surface area contributed by atoms with Crippen LogP contribution in [0.1, 0.15) is 30.6 Å². The molecule has 1 atom stereocenters. The fraction of sp³-hybridized carbons (Fsp3) is 0.294. The number of nitrogens with zero attached hydrogens (tertiary/aromatic N) is 2. The number of aromatic hydroxyl groups is 1. The molecule has 3 N–H and O–H groups in total. The van der Waals surface area contributed by atoms with Gasteiger partial charge in [-0.3, -0.25) is 5.41 Å². The summed E-state index contributed by atoms with van der Waals surface area (Å²) < 4.78 is 42.5. The highest BCUT2D eigenvalue weighted by Crippen LogP contribution is 2.35. The van der Waals surface area contributed by atoms with Crippen LogP contribution >= 0.6 is 0 Å². The summed E-state index contributed by atoms with van der Waals surface area (Å²) in [6.07, 6.45) is -1.56. The third kappa shape index (κ3) is 3.38. The van der Waals surface area contributed by atoms with Gasteiger partial charge in [-0.1, -0.05) is 12.1 Å². The number of allylic oxidation sites excluding steroid dienone is 2. The Morgan fingerprint density at radius 2 is 2.04 bits per heavy atom. The largest absolute Gasteiger partial charge is 0.508 e. The molecule has 2 aromatic rings. The fourth-order valence-electron chi connectivity index (χ4n) is 2.91. The van der Waals surface area contributed by atoms with Crippen molar-refractivity contribution >= 4 is 5.71 Å². The van der Waals surface area contributed by atoms with E-state index in [1.807, 2.05) is 0 Å². The van der Waals surface area contributed by atoms with Crippen LogP contribution in [0.25, 0.3) is 0 Å². The molecule has 1 unspecified atom stereocenters. The van der Waals surface area contributed by atoms with Crippen LogP contribution in [-0.4, -0.2) is 26.5 Å². The minimum Gasteiger partial charge on any atom is -0.508 e. The molecule has 3 rings (SSSR count). The minimum absolute atomic E-state index is 0.0503. The second-order valence-electron chi connectivity index (χ2n) is 5.99. The maximum atomic E-state index is 13.6. The lowest BCUT2D eigenvalue weighted by atomic mass is 9.93. The van der Waals surface area contributed by atoms with Crippen LogP contribution < -0.4 is 5.32 Å². The minimum atomic E-state index is -4.60. The molecule has 0 aliphatic carbocycles. The third-order valence-corrected chi connectivity index (χ3v) is 4.19. The monoisotopic (exact) mass is 350 g/mol.